The Labute approximate surface area is 128 Å². The van der Waals surface area contributed by atoms with Crippen molar-refractivity contribution in [1.29, 1.82) is 0 Å². The van der Waals surface area contributed by atoms with Gasteiger partial charge in [0, 0.05) is 6.54 Å². The molecule has 0 fully saturated rings. The number of hydrogen-bond donors (Lipinski definition) is 2. The van der Waals surface area contributed by atoms with E-state index in [9.17, 15) is 4.79 Å². The van der Waals surface area contributed by atoms with E-state index in [2.05, 4.69) is 22.2 Å². The van der Waals surface area contributed by atoms with Gasteiger partial charge in [0.25, 0.3) is 5.56 Å². The molecule has 0 aliphatic carbocycles. The van der Waals surface area contributed by atoms with Gasteiger partial charge in [0.1, 0.15) is 9.39 Å². The van der Waals surface area contributed by atoms with Crippen LogP contribution in [0.2, 0.25) is 0 Å². The standard InChI is InChI=1S/C14H24IN3O/c1-2-3-4-5-6-7-8-9-10-16-13-12(15)14(19)18-11-17-13/h11H,2-10H2,1H3,(H2,16,17,18,19). The second-order valence-electron chi connectivity index (χ2n) is 4.80. The minimum absolute atomic E-state index is 0.0750. The molecule has 1 heterocycles. The van der Waals surface area contributed by atoms with Gasteiger partial charge in [-0.05, 0) is 29.0 Å². The predicted molar refractivity (Wildman–Crippen MR) is 88.7 cm³/mol. The highest BCUT2D eigenvalue weighted by Gasteiger charge is 2.03. The van der Waals surface area contributed by atoms with E-state index in [0.29, 0.717) is 9.39 Å². The maximum atomic E-state index is 11.4. The number of nitrogens with one attached hydrogen (secondary N) is 2. The molecular weight excluding hydrogens is 353 g/mol. The van der Waals surface area contributed by atoms with E-state index < -0.39 is 0 Å². The van der Waals surface area contributed by atoms with Crippen LogP contribution >= 0.6 is 22.6 Å². The fourth-order valence-corrected chi connectivity index (χ4v) is 2.46. The van der Waals surface area contributed by atoms with Crippen LogP contribution in [0.5, 0.6) is 0 Å². The molecule has 0 saturated carbocycles. The smallest absolute Gasteiger partial charge is 0.266 e. The zero-order chi connectivity index (χ0) is 13.9. The summed E-state index contributed by atoms with van der Waals surface area (Å²) in [5.74, 6) is 0.701. The molecule has 0 atom stereocenters. The lowest BCUT2D eigenvalue weighted by atomic mass is 10.1. The minimum Gasteiger partial charge on any atom is -0.369 e. The van der Waals surface area contributed by atoms with Crippen molar-refractivity contribution in [3.05, 3.63) is 20.3 Å². The Morgan fingerprint density at radius 1 is 1.16 bits per heavy atom. The van der Waals surface area contributed by atoms with Crippen LogP contribution in [-0.2, 0) is 0 Å². The fraction of sp³-hybridized carbons (Fsp3) is 0.714. The van der Waals surface area contributed by atoms with Gasteiger partial charge >= 0.3 is 0 Å². The van der Waals surface area contributed by atoms with Gasteiger partial charge in [-0.1, -0.05) is 51.9 Å². The number of halogens is 1. The molecule has 5 heteroatoms. The third-order valence-corrected chi connectivity index (χ3v) is 4.12. The van der Waals surface area contributed by atoms with Crippen LogP contribution in [0.1, 0.15) is 58.3 Å². The largest absolute Gasteiger partial charge is 0.369 e. The van der Waals surface area contributed by atoms with Crippen LogP contribution in [-0.4, -0.2) is 16.5 Å². The lowest BCUT2D eigenvalue weighted by molar-refractivity contribution is 0.581. The van der Waals surface area contributed by atoms with Crippen molar-refractivity contribution >= 4 is 28.4 Å². The van der Waals surface area contributed by atoms with E-state index in [-0.39, 0.29) is 5.56 Å². The zero-order valence-electron chi connectivity index (χ0n) is 11.7. The van der Waals surface area contributed by atoms with Gasteiger partial charge in [-0.2, -0.15) is 0 Å². The van der Waals surface area contributed by atoms with Gasteiger partial charge < -0.3 is 10.3 Å². The van der Waals surface area contributed by atoms with Crippen LogP contribution in [0.4, 0.5) is 5.82 Å². The van der Waals surface area contributed by atoms with E-state index in [1.54, 1.807) is 0 Å². The molecule has 0 spiro atoms. The third-order valence-electron chi connectivity index (χ3n) is 3.12. The van der Waals surface area contributed by atoms with Crippen molar-refractivity contribution in [1.82, 2.24) is 9.97 Å². The molecule has 2 N–H and O–H groups in total. The number of unbranched alkanes of at least 4 members (excludes halogenated alkanes) is 7. The van der Waals surface area contributed by atoms with Crippen molar-refractivity contribution in [2.24, 2.45) is 0 Å². The number of hydrogen-bond acceptors (Lipinski definition) is 3. The van der Waals surface area contributed by atoms with Gasteiger partial charge in [0.2, 0.25) is 0 Å². The summed E-state index contributed by atoms with van der Waals surface area (Å²) < 4.78 is 0.639. The third kappa shape index (κ3) is 6.94. The first kappa shape index (κ1) is 16.5. The van der Waals surface area contributed by atoms with E-state index in [1.165, 1.54) is 51.3 Å². The Kier molecular flexibility index (Phi) is 8.86. The Morgan fingerprint density at radius 2 is 1.79 bits per heavy atom. The topological polar surface area (TPSA) is 57.8 Å². The van der Waals surface area contributed by atoms with Gasteiger partial charge in [0.05, 0.1) is 6.33 Å². The SMILES string of the molecule is CCCCCCCCCCNc1nc[nH]c(=O)c1I. The molecule has 1 aromatic rings. The number of rotatable bonds is 10. The van der Waals surface area contributed by atoms with E-state index in [0.717, 1.165) is 13.0 Å². The summed E-state index contributed by atoms with van der Waals surface area (Å²) in [6.45, 7) is 3.14. The Morgan fingerprint density at radius 3 is 2.47 bits per heavy atom. The first-order valence-electron chi connectivity index (χ1n) is 7.22. The molecule has 0 saturated heterocycles. The van der Waals surface area contributed by atoms with Crippen molar-refractivity contribution in [3.63, 3.8) is 0 Å². The monoisotopic (exact) mass is 377 g/mol. The summed E-state index contributed by atoms with van der Waals surface area (Å²) in [7, 11) is 0. The van der Waals surface area contributed by atoms with Gasteiger partial charge in [-0.15, -0.1) is 0 Å². The Bertz CT molecular complexity index is 406. The lowest BCUT2D eigenvalue weighted by Crippen LogP contribution is -2.15. The van der Waals surface area contributed by atoms with Crippen molar-refractivity contribution in [3.8, 4) is 0 Å². The van der Waals surface area contributed by atoms with Crippen LogP contribution in [0.3, 0.4) is 0 Å². The number of anilines is 1. The zero-order valence-corrected chi connectivity index (χ0v) is 13.8. The van der Waals surface area contributed by atoms with Gasteiger partial charge in [0.15, 0.2) is 0 Å². The molecule has 108 valence electrons. The second kappa shape index (κ2) is 10.2. The summed E-state index contributed by atoms with van der Waals surface area (Å²) in [4.78, 5) is 18.1. The maximum Gasteiger partial charge on any atom is 0.266 e. The minimum atomic E-state index is -0.0750. The molecule has 19 heavy (non-hydrogen) atoms. The average Bonchev–Trinajstić information content (AvgIpc) is 2.41. The molecule has 0 amide bonds. The highest BCUT2D eigenvalue weighted by molar-refractivity contribution is 14.1. The Balaban J connectivity index is 2.05. The normalized spacial score (nSPS) is 10.6. The molecule has 0 bridgehead atoms. The first-order valence-corrected chi connectivity index (χ1v) is 8.30. The molecule has 0 unspecified atom stereocenters. The summed E-state index contributed by atoms with van der Waals surface area (Å²) in [6.07, 6.45) is 11.9. The molecule has 1 aromatic heterocycles. The quantitative estimate of drug-likeness (QED) is 0.480. The number of H-pyrrole nitrogens is 1. The van der Waals surface area contributed by atoms with Crippen LogP contribution in [0.15, 0.2) is 11.1 Å². The average molecular weight is 377 g/mol. The number of aromatic nitrogens is 2. The summed E-state index contributed by atoms with van der Waals surface area (Å²) in [6, 6.07) is 0. The van der Waals surface area contributed by atoms with Crippen molar-refractivity contribution in [2.45, 2.75) is 58.3 Å². The van der Waals surface area contributed by atoms with Crippen molar-refractivity contribution < 1.29 is 0 Å². The number of aromatic amines is 1. The van der Waals surface area contributed by atoms with E-state index >= 15 is 0 Å². The maximum absolute atomic E-state index is 11.4. The first-order chi connectivity index (χ1) is 9.25. The summed E-state index contributed by atoms with van der Waals surface area (Å²) >= 11 is 2.02. The summed E-state index contributed by atoms with van der Waals surface area (Å²) in [5, 5.41) is 3.23. The highest BCUT2D eigenvalue weighted by atomic mass is 127. The Hall–Kier alpha value is -0.590. The lowest BCUT2D eigenvalue weighted by Gasteiger charge is -2.06. The highest BCUT2D eigenvalue weighted by Crippen LogP contribution is 2.10. The molecule has 1 rings (SSSR count). The molecular formula is C14H24IN3O. The van der Waals surface area contributed by atoms with Gasteiger partial charge in [-0.25, -0.2) is 4.98 Å². The fourth-order valence-electron chi connectivity index (χ4n) is 1.97. The molecule has 0 aromatic carbocycles. The van der Waals surface area contributed by atoms with Gasteiger partial charge in [-0.3, -0.25) is 4.79 Å². The molecule has 4 nitrogen and oxygen atoms in total. The van der Waals surface area contributed by atoms with E-state index in [1.807, 2.05) is 22.6 Å². The van der Waals surface area contributed by atoms with E-state index in [4.69, 9.17) is 0 Å². The predicted octanol–water partition coefficient (Wildman–Crippen LogP) is 3.93. The second-order valence-corrected chi connectivity index (χ2v) is 5.87. The van der Waals surface area contributed by atoms with Crippen molar-refractivity contribution in [2.75, 3.05) is 11.9 Å². The molecule has 0 radical (unpaired) electrons. The molecule has 0 aliphatic heterocycles. The van der Waals surface area contributed by atoms with Crippen LogP contribution in [0.25, 0.3) is 0 Å². The molecule has 0 aliphatic rings. The number of nitrogens with zero attached hydrogens (tertiary/aromatic N) is 1. The van der Waals surface area contributed by atoms with Crippen LogP contribution < -0.4 is 10.9 Å². The summed E-state index contributed by atoms with van der Waals surface area (Å²) in [5.41, 5.74) is -0.0750. The van der Waals surface area contributed by atoms with Crippen LogP contribution in [0, 0.1) is 3.57 Å².